The van der Waals surface area contributed by atoms with Crippen LogP contribution >= 0.6 is 0 Å². The number of alkyl halides is 3. The number of hydrogen-bond acceptors (Lipinski definition) is 6. The molecular formula is C29H35F3N8O. The second-order valence-electron chi connectivity index (χ2n) is 10.7. The monoisotopic (exact) mass is 568 g/mol. The van der Waals surface area contributed by atoms with Gasteiger partial charge in [0, 0.05) is 44.8 Å². The van der Waals surface area contributed by atoms with Gasteiger partial charge in [0.15, 0.2) is 0 Å². The summed E-state index contributed by atoms with van der Waals surface area (Å²) in [6, 6.07) is 7.75. The van der Waals surface area contributed by atoms with Gasteiger partial charge in [-0.05, 0) is 38.8 Å². The molecule has 1 saturated heterocycles. The standard InChI is InChI=1S/C29H35F3N8O/c1-6-19-16-40(23-14-25(41)36(5)24-17-37(13-12-33)35-26(23)24)20(7-2)15-39(19)18(4)28-34-22-11-9-10-21(29(30,31)32)27(22)38(28)8-3/h9-11,14,17-20H,6-8,13,15-16H2,1-5H3/t18-,19+,20-/m0/s1. The highest BCUT2D eigenvalue weighted by Gasteiger charge is 2.39. The Morgan fingerprint density at radius 3 is 2.51 bits per heavy atom. The highest BCUT2D eigenvalue weighted by Crippen LogP contribution is 2.38. The zero-order valence-corrected chi connectivity index (χ0v) is 24.0. The second kappa shape index (κ2) is 10.9. The Hall–Kier alpha value is -3.85. The quantitative estimate of drug-likeness (QED) is 0.309. The van der Waals surface area contributed by atoms with Crippen LogP contribution in [-0.4, -0.2) is 54.0 Å². The van der Waals surface area contributed by atoms with Crippen LogP contribution in [0.1, 0.15) is 58.0 Å². The molecule has 3 aromatic heterocycles. The number of imidazole rings is 1. The van der Waals surface area contributed by atoms with E-state index in [1.807, 2.05) is 13.8 Å². The third kappa shape index (κ3) is 4.86. The number of nitriles is 1. The van der Waals surface area contributed by atoms with Crippen molar-refractivity contribution in [1.82, 2.24) is 28.8 Å². The van der Waals surface area contributed by atoms with Crippen molar-refractivity contribution in [3.8, 4) is 6.07 Å². The number of fused-ring (bicyclic) bond motifs is 2. The Morgan fingerprint density at radius 2 is 1.88 bits per heavy atom. The van der Waals surface area contributed by atoms with Crippen LogP contribution in [0.2, 0.25) is 0 Å². The van der Waals surface area contributed by atoms with E-state index in [2.05, 4.69) is 34.8 Å². The van der Waals surface area contributed by atoms with Crippen LogP contribution in [0, 0.1) is 11.3 Å². The van der Waals surface area contributed by atoms with E-state index in [0.29, 0.717) is 42.0 Å². The van der Waals surface area contributed by atoms with E-state index >= 15 is 0 Å². The van der Waals surface area contributed by atoms with Crippen LogP contribution in [0.25, 0.3) is 22.1 Å². The second-order valence-corrected chi connectivity index (χ2v) is 10.7. The molecule has 1 aliphatic rings. The molecule has 0 radical (unpaired) electrons. The third-order valence-corrected chi connectivity index (χ3v) is 8.45. The van der Waals surface area contributed by atoms with Crippen molar-refractivity contribution in [2.45, 2.75) is 77.9 Å². The molecule has 1 fully saturated rings. The third-order valence-electron chi connectivity index (χ3n) is 8.45. The molecule has 0 amide bonds. The Morgan fingerprint density at radius 1 is 1.15 bits per heavy atom. The summed E-state index contributed by atoms with van der Waals surface area (Å²) >= 11 is 0. The first-order valence-corrected chi connectivity index (χ1v) is 14.1. The van der Waals surface area contributed by atoms with Crippen LogP contribution in [0.5, 0.6) is 0 Å². The van der Waals surface area contributed by atoms with E-state index in [-0.39, 0.29) is 35.7 Å². The molecule has 0 N–H and O–H groups in total. The zero-order valence-electron chi connectivity index (χ0n) is 24.0. The molecule has 9 nitrogen and oxygen atoms in total. The number of halogens is 3. The summed E-state index contributed by atoms with van der Waals surface area (Å²) in [5, 5.41) is 13.8. The van der Waals surface area contributed by atoms with E-state index in [4.69, 9.17) is 4.98 Å². The molecule has 4 aromatic rings. The lowest BCUT2D eigenvalue weighted by Crippen LogP contribution is -2.59. The van der Waals surface area contributed by atoms with Gasteiger partial charge in [-0.2, -0.15) is 23.5 Å². The van der Waals surface area contributed by atoms with Crippen molar-refractivity contribution in [2.75, 3.05) is 18.0 Å². The molecule has 41 heavy (non-hydrogen) atoms. The lowest BCUT2D eigenvalue weighted by molar-refractivity contribution is -0.136. The molecule has 5 rings (SSSR count). The van der Waals surface area contributed by atoms with Crippen molar-refractivity contribution in [1.29, 1.82) is 5.26 Å². The fourth-order valence-corrected chi connectivity index (χ4v) is 6.29. The maximum absolute atomic E-state index is 13.9. The molecule has 1 aliphatic heterocycles. The maximum Gasteiger partial charge on any atom is 0.418 e. The number of rotatable bonds is 7. The van der Waals surface area contributed by atoms with E-state index in [1.165, 1.54) is 6.07 Å². The lowest BCUT2D eigenvalue weighted by Gasteiger charge is -2.49. The molecular weight excluding hydrogens is 533 g/mol. The van der Waals surface area contributed by atoms with Crippen molar-refractivity contribution < 1.29 is 13.2 Å². The number of benzene rings is 1. The summed E-state index contributed by atoms with van der Waals surface area (Å²) in [6.45, 7) is 9.77. The molecule has 0 spiro atoms. The summed E-state index contributed by atoms with van der Waals surface area (Å²) in [4.78, 5) is 22.3. The van der Waals surface area contributed by atoms with Gasteiger partial charge in [0.2, 0.25) is 0 Å². The Kier molecular flexibility index (Phi) is 7.59. The van der Waals surface area contributed by atoms with Gasteiger partial charge >= 0.3 is 6.18 Å². The molecule has 1 aromatic carbocycles. The first-order chi connectivity index (χ1) is 19.5. The van der Waals surface area contributed by atoms with E-state index < -0.39 is 11.7 Å². The molecule has 0 unspecified atom stereocenters. The molecule has 0 bridgehead atoms. The number of aryl methyl sites for hydroxylation is 2. The number of hydrogen-bond donors (Lipinski definition) is 0. The Balaban J connectivity index is 1.55. The van der Waals surface area contributed by atoms with Crippen LogP contribution in [0.4, 0.5) is 18.9 Å². The van der Waals surface area contributed by atoms with Crippen LogP contribution < -0.4 is 10.5 Å². The predicted octanol–water partition coefficient (Wildman–Crippen LogP) is 5.09. The van der Waals surface area contributed by atoms with Crippen molar-refractivity contribution in [3.05, 3.63) is 52.2 Å². The van der Waals surface area contributed by atoms with Gasteiger partial charge < -0.3 is 14.0 Å². The molecule has 0 aliphatic carbocycles. The minimum Gasteiger partial charge on any atom is -0.364 e. The number of aromatic nitrogens is 5. The van der Waals surface area contributed by atoms with E-state index in [0.717, 1.165) is 24.6 Å². The van der Waals surface area contributed by atoms with Gasteiger partial charge in [-0.3, -0.25) is 14.4 Å². The molecule has 218 valence electrons. The SMILES string of the molecule is CC[C@H]1CN([C@@H](C)c2nc3cccc(C(F)(F)F)c3n2CC)[C@H](CC)CN1c1cc(=O)n(C)c2cn(CC#N)nc12. The maximum atomic E-state index is 13.9. The molecule has 0 saturated carbocycles. The van der Waals surface area contributed by atoms with Crippen molar-refractivity contribution in [2.24, 2.45) is 7.05 Å². The van der Waals surface area contributed by atoms with E-state index in [1.54, 1.807) is 39.2 Å². The van der Waals surface area contributed by atoms with Crippen LogP contribution in [0.3, 0.4) is 0 Å². The van der Waals surface area contributed by atoms with Gasteiger partial charge in [0.05, 0.1) is 46.1 Å². The number of piperazine rings is 1. The molecule has 4 heterocycles. The number of nitrogens with zero attached hydrogens (tertiary/aromatic N) is 8. The van der Waals surface area contributed by atoms with E-state index in [9.17, 15) is 23.2 Å². The smallest absolute Gasteiger partial charge is 0.364 e. The van der Waals surface area contributed by atoms with Crippen LogP contribution in [-0.2, 0) is 26.3 Å². The summed E-state index contributed by atoms with van der Waals surface area (Å²) in [7, 11) is 1.70. The molecule has 3 atom stereocenters. The normalized spacial score (nSPS) is 19.2. The summed E-state index contributed by atoms with van der Waals surface area (Å²) in [5.74, 6) is 0.618. The highest BCUT2D eigenvalue weighted by atomic mass is 19.4. The van der Waals surface area contributed by atoms with Gasteiger partial charge in [-0.25, -0.2) is 4.98 Å². The average molecular weight is 569 g/mol. The van der Waals surface area contributed by atoms with Gasteiger partial charge in [0.25, 0.3) is 5.56 Å². The Labute approximate surface area is 236 Å². The fraction of sp³-hybridized carbons (Fsp3) is 0.517. The van der Waals surface area contributed by atoms with Gasteiger partial charge in [-0.15, -0.1) is 0 Å². The lowest BCUT2D eigenvalue weighted by atomic mass is 9.99. The van der Waals surface area contributed by atoms with Crippen molar-refractivity contribution >= 4 is 27.8 Å². The largest absolute Gasteiger partial charge is 0.418 e. The summed E-state index contributed by atoms with van der Waals surface area (Å²) in [5.41, 5.74) is 1.73. The fourth-order valence-electron chi connectivity index (χ4n) is 6.29. The van der Waals surface area contributed by atoms with Gasteiger partial charge in [-0.1, -0.05) is 19.9 Å². The summed E-state index contributed by atoms with van der Waals surface area (Å²) < 4.78 is 46.6. The Bertz CT molecular complexity index is 1680. The molecule has 12 heteroatoms. The zero-order chi connectivity index (χ0) is 29.6. The minimum atomic E-state index is -4.48. The van der Waals surface area contributed by atoms with Crippen LogP contribution in [0.15, 0.2) is 35.3 Å². The minimum absolute atomic E-state index is 0.0295. The number of para-hydroxylation sites is 1. The van der Waals surface area contributed by atoms with Crippen molar-refractivity contribution in [3.63, 3.8) is 0 Å². The number of anilines is 1. The number of pyridine rings is 1. The topological polar surface area (TPSA) is 87.9 Å². The summed E-state index contributed by atoms with van der Waals surface area (Å²) in [6.07, 6.45) is -1.16. The first-order valence-electron chi connectivity index (χ1n) is 14.1. The van der Waals surface area contributed by atoms with Gasteiger partial charge in [0.1, 0.15) is 17.9 Å². The predicted molar refractivity (Wildman–Crippen MR) is 152 cm³/mol. The highest BCUT2D eigenvalue weighted by molar-refractivity contribution is 5.88. The average Bonchev–Trinajstić information content (AvgIpc) is 3.55. The first kappa shape index (κ1) is 28.7.